The van der Waals surface area contributed by atoms with E-state index in [1.165, 1.54) is 12.1 Å². The number of benzene rings is 2. The van der Waals surface area contributed by atoms with E-state index >= 15 is 0 Å². The molecule has 2 aromatic carbocycles. The average Bonchev–Trinajstić information content (AvgIpc) is 2.72. The van der Waals surface area contributed by atoms with Crippen LogP contribution >= 0.6 is 0 Å². The van der Waals surface area contributed by atoms with Gasteiger partial charge in [0.1, 0.15) is 5.82 Å². The number of halogens is 1. The molecule has 0 saturated carbocycles. The highest BCUT2D eigenvalue weighted by atomic mass is 19.1. The Hall–Kier alpha value is -2.53. The van der Waals surface area contributed by atoms with Gasteiger partial charge in [0, 0.05) is 43.6 Å². The fourth-order valence-electron chi connectivity index (χ4n) is 3.48. The van der Waals surface area contributed by atoms with Crippen molar-refractivity contribution in [3.05, 3.63) is 71.5 Å². The van der Waals surface area contributed by atoms with E-state index in [1.807, 2.05) is 18.2 Å². The molecule has 0 aliphatic carbocycles. The van der Waals surface area contributed by atoms with Crippen LogP contribution in [-0.4, -0.2) is 31.4 Å². The molecule has 1 heterocycles. The number of hydrogen-bond donors (Lipinski definition) is 1. The first-order valence-electron chi connectivity index (χ1n) is 9.28. The van der Waals surface area contributed by atoms with Gasteiger partial charge in [0.15, 0.2) is 5.78 Å². The van der Waals surface area contributed by atoms with Crippen LogP contribution in [0.25, 0.3) is 0 Å². The predicted molar refractivity (Wildman–Crippen MR) is 101 cm³/mol. The van der Waals surface area contributed by atoms with Crippen LogP contribution in [0.5, 0.6) is 0 Å². The maximum atomic E-state index is 13.3. The van der Waals surface area contributed by atoms with Crippen molar-refractivity contribution in [3.8, 4) is 0 Å². The van der Waals surface area contributed by atoms with E-state index in [9.17, 15) is 14.0 Å². The van der Waals surface area contributed by atoms with Gasteiger partial charge in [-0.05, 0) is 30.5 Å². The van der Waals surface area contributed by atoms with Gasteiger partial charge in [0.05, 0.1) is 0 Å². The summed E-state index contributed by atoms with van der Waals surface area (Å²) in [6, 6.07) is 15.5. The van der Waals surface area contributed by atoms with Crippen molar-refractivity contribution >= 4 is 11.7 Å². The second-order valence-electron chi connectivity index (χ2n) is 6.97. The van der Waals surface area contributed by atoms with Gasteiger partial charge in [0.25, 0.3) is 0 Å². The maximum Gasteiger partial charge on any atom is 0.220 e. The SMILES string of the molecule is O=C(CCC(=O)c1ccccc1)NCC1(c2ccc(F)cc2)CCOCC1. The minimum absolute atomic E-state index is 0.0370. The first kappa shape index (κ1) is 19.2. The van der Waals surface area contributed by atoms with Gasteiger partial charge in [-0.25, -0.2) is 4.39 Å². The zero-order valence-corrected chi connectivity index (χ0v) is 15.2. The highest BCUT2D eigenvalue weighted by Crippen LogP contribution is 2.34. The molecular weight excluding hydrogens is 345 g/mol. The minimum Gasteiger partial charge on any atom is -0.381 e. The van der Waals surface area contributed by atoms with E-state index in [4.69, 9.17) is 4.74 Å². The normalized spacial score (nSPS) is 15.9. The Kier molecular flexibility index (Phi) is 6.35. The highest BCUT2D eigenvalue weighted by molar-refractivity contribution is 5.97. The Morgan fingerprint density at radius 2 is 1.63 bits per heavy atom. The van der Waals surface area contributed by atoms with Crippen LogP contribution in [0, 0.1) is 5.82 Å². The lowest BCUT2D eigenvalue weighted by Crippen LogP contribution is -2.44. The number of ether oxygens (including phenoxy) is 1. The van der Waals surface area contributed by atoms with E-state index in [0.717, 1.165) is 18.4 Å². The Morgan fingerprint density at radius 1 is 0.963 bits per heavy atom. The van der Waals surface area contributed by atoms with Gasteiger partial charge < -0.3 is 10.1 Å². The first-order valence-corrected chi connectivity index (χ1v) is 9.28. The molecule has 4 nitrogen and oxygen atoms in total. The van der Waals surface area contributed by atoms with Crippen LogP contribution in [0.4, 0.5) is 4.39 Å². The summed E-state index contributed by atoms with van der Waals surface area (Å²) in [5.41, 5.74) is 1.37. The number of carbonyl (C=O) groups is 2. The summed E-state index contributed by atoms with van der Waals surface area (Å²) < 4.78 is 18.8. The van der Waals surface area contributed by atoms with E-state index in [1.54, 1.807) is 24.3 Å². The van der Waals surface area contributed by atoms with Crippen molar-refractivity contribution in [3.63, 3.8) is 0 Å². The van der Waals surface area contributed by atoms with Gasteiger partial charge in [-0.1, -0.05) is 42.5 Å². The Morgan fingerprint density at radius 3 is 2.30 bits per heavy atom. The molecule has 5 heteroatoms. The lowest BCUT2D eigenvalue weighted by Gasteiger charge is -2.38. The number of nitrogens with one attached hydrogen (secondary N) is 1. The molecule has 0 unspecified atom stereocenters. The average molecular weight is 369 g/mol. The Labute approximate surface area is 158 Å². The number of Topliss-reactive ketones (excluding diaryl/α,β-unsaturated/α-hetero) is 1. The molecule has 27 heavy (non-hydrogen) atoms. The van der Waals surface area contributed by atoms with Crippen molar-refractivity contribution in [2.75, 3.05) is 19.8 Å². The maximum absolute atomic E-state index is 13.3. The van der Waals surface area contributed by atoms with Crippen LogP contribution in [0.1, 0.15) is 41.6 Å². The number of amides is 1. The van der Waals surface area contributed by atoms with Crippen molar-refractivity contribution in [2.24, 2.45) is 0 Å². The molecule has 142 valence electrons. The fraction of sp³-hybridized carbons (Fsp3) is 0.364. The molecule has 0 spiro atoms. The van der Waals surface area contributed by atoms with Gasteiger partial charge in [-0.2, -0.15) is 0 Å². The van der Waals surface area contributed by atoms with Crippen LogP contribution in [0.3, 0.4) is 0 Å². The third kappa shape index (κ3) is 5.01. The van der Waals surface area contributed by atoms with Gasteiger partial charge >= 0.3 is 0 Å². The molecule has 1 saturated heterocycles. The van der Waals surface area contributed by atoms with Gasteiger partial charge in [-0.3, -0.25) is 9.59 Å². The molecule has 1 N–H and O–H groups in total. The molecule has 0 aromatic heterocycles. The van der Waals surface area contributed by atoms with E-state index < -0.39 is 0 Å². The van der Waals surface area contributed by atoms with Crippen molar-refractivity contribution in [1.82, 2.24) is 5.32 Å². The number of rotatable bonds is 7. The summed E-state index contributed by atoms with van der Waals surface area (Å²) in [7, 11) is 0. The molecule has 1 aliphatic heterocycles. The summed E-state index contributed by atoms with van der Waals surface area (Å²) in [5, 5.41) is 2.97. The smallest absolute Gasteiger partial charge is 0.220 e. The minimum atomic E-state index is -0.274. The summed E-state index contributed by atoms with van der Waals surface area (Å²) in [6.07, 6.45) is 1.87. The van der Waals surface area contributed by atoms with Crippen LogP contribution in [0.15, 0.2) is 54.6 Å². The molecule has 1 fully saturated rings. The molecule has 1 aliphatic rings. The summed E-state index contributed by atoms with van der Waals surface area (Å²) in [6.45, 7) is 1.68. The number of ketones is 1. The third-order valence-electron chi connectivity index (χ3n) is 5.21. The van der Waals surface area contributed by atoms with E-state index in [2.05, 4.69) is 5.32 Å². The lowest BCUT2D eigenvalue weighted by atomic mass is 9.74. The predicted octanol–water partition coefficient (Wildman–Crippen LogP) is 3.65. The second kappa shape index (κ2) is 8.91. The van der Waals surface area contributed by atoms with Gasteiger partial charge in [0.2, 0.25) is 5.91 Å². The number of carbonyl (C=O) groups excluding carboxylic acids is 2. The third-order valence-corrected chi connectivity index (χ3v) is 5.21. The largest absolute Gasteiger partial charge is 0.381 e. The van der Waals surface area contributed by atoms with Crippen molar-refractivity contribution < 1.29 is 18.7 Å². The monoisotopic (exact) mass is 369 g/mol. The molecule has 3 rings (SSSR count). The molecule has 0 bridgehead atoms. The molecule has 0 atom stereocenters. The quantitative estimate of drug-likeness (QED) is 0.758. The standard InChI is InChI=1S/C22H24FNO3/c23-19-8-6-18(7-9-19)22(12-14-27-15-13-22)16-24-21(26)11-10-20(25)17-4-2-1-3-5-17/h1-9H,10-16H2,(H,24,26). The Balaban J connectivity index is 1.58. The van der Waals surface area contributed by atoms with Crippen molar-refractivity contribution in [2.45, 2.75) is 31.1 Å². The van der Waals surface area contributed by atoms with Crippen LogP contribution < -0.4 is 5.32 Å². The lowest BCUT2D eigenvalue weighted by molar-refractivity contribution is -0.121. The molecular formula is C22H24FNO3. The summed E-state index contributed by atoms with van der Waals surface area (Å²) in [5.74, 6) is -0.457. The van der Waals surface area contributed by atoms with E-state index in [0.29, 0.717) is 25.3 Å². The zero-order valence-electron chi connectivity index (χ0n) is 15.2. The van der Waals surface area contributed by atoms with Crippen LogP contribution in [0.2, 0.25) is 0 Å². The first-order chi connectivity index (χ1) is 13.1. The highest BCUT2D eigenvalue weighted by Gasteiger charge is 2.34. The summed E-state index contributed by atoms with van der Waals surface area (Å²) in [4.78, 5) is 24.4. The van der Waals surface area contributed by atoms with Crippen LogP contribution in [-0.2, 0) is 14.9 Å². The Bertz CT molecular complexity index is 768. The zero-order chi connectivity index (χ0) is 19.1. The van der Waals surface area contributed by atoms with E-state index in [-0.39, 0.29) is 35.8 Å². The van der Waals surface area contributed by atoms with Gasteiger partial charge in [-0.15, -0.1) is 0 Å². The van der Waals surface area contributed by atoms with Crippen molar-refractivity contribution in [1.29, 1.82) is 0 Å². The number of hydrogen-bond acceptors (Lipinski definition) is 3. The second-order valence-corrected chi connectivity index (χ2v) is 6.97. The summed E-state index contributed by atoms with van der Waals surface area (Å²) >= 11 is 0. The molecule has 2 aromatic rings. The topological polar surface area (TPSA) is 55.4 Å². The molecule has 0 radical (unpaired) electrons. The fourth-order valence-corrected chi connectivity index (χ4v) is 3.48. The molecule has 1 amide bonds.